The summed E-state index contributed by atoms with van der Waals surface area (Å²) < 4.78 is 96.2. The first-order chi connectivity index (χ1) is 20.4. The van der Waals surface area contributed by atoms with Gasteiger partial charge in [0.05, 0.1) is 25.5 Å². The predicted octanol–water partition coefficient (Wildman–Crippen LogP) is 6.59. The van der Waals surface area contributed by atoms with Crippen molar-refractivity contribution in [2.24, 2.45) is 0 Å². The van der Waals surface area contributed by atoms with Crippen molar-refractivity contribution in [1.82, 2.24) is 10.2 Å². The zero-order valence-electron chi connectivity index (χ0n) is 24.4. The van der Waals surface area contributed by atoms with Crippen molar-refractivity contribution in [3.05, 3.63) is 53.3 Å². The number of carbonyl (C=O) groups excluding carboxylic acids is 1. The SMILES string of the molecule is COc1ccc(C23CCC(NC(=O)Nc4cccc(C(F)(F)F)c4F)CC2N(C(C)C)CC3)cc1OC.O=C(O)C(F)(F)F. The van der Waals surface area contributed by atoms with Crippen LogP contribution in [-0.2, 0) is 16.4 Å². The summed E-state index contributed by atoms with van der Waals surface area (Å²) in [6.07, 6.45) is -6.84. The first kappa shape index (κ1) is 34.7. The van der Waals surface area contributed by atoms with Gasteiger partial charge in [0.25, 0.3) is 0 Å². The van der Waals surface area contributed by atoms with E-state index in [4.69, 9.17) is 19.4 Å². The summed E-state index contributed by atoms with van der Waals surface area (Å²) in [5.74, 6) is -2.93. The van der Waals surface area contributed by atoms with Crippen molar-refractivity contribution in [1.29, 1.82) is 0 Å². The molecule has 3 atom stereocenters. The Labute approximate surface area is 249 Å². The molecule has 44 heavy (non-hydrogen) atoms. The Kier molecular flexibility index (Phi) is 10.6. The highest BCUT2D eigenvalue weighted by atomic mass is 19.4. The van der Waals surface area contributed by atoms with E-state index in [0.717, 1.165) is 37.1 Å². The molecule has 1 saturated carbocycles. The molecule has 0 aromatic heterocycles. The number of rotatable bonds is 6. The molecule has 2 amide bonds. The monoisotopic (exact) mass is 637 g/mol. The molecule has 4 rings (SSSR count). The molecule has 1 heterocycles. The number of benzene rings is 2. The van der Waals surface area contributed by atoms with Crippen LogP contribution >= 0.6 is 0 Å². The van der Waals surface area contributed by atoms with Crippen LogP contribution in [0.3, 0.4) is 0 Å². The van der Waals surface area contributed by atoms with Crippen molar-refractivity contribution >= 4 is 17.7 Å². The van der Waals surface area contributed by atoms with Gasteiger partial charge >= 0.3 is 24.4 Å². The number of hydrogen-bond acceptors (Lipinski definition) is 5. The largest absolute Gasteiger partial charge is 0.493 e. The Morgan fingerprint density at radius 1 is 1.02 bits per heavy atom. The van der Waals surface area contributed by atoms with Gasteiger partial charge in [0.2, 0.25) is 0 Å². The number of ether oxygens (including phenoxy) is 2. The third-order valence-electron chi connectivity index (χ3n) is 8.05. The summed E-state index contributed by atoms with van der Waals surface area (Å²) >= 11 is 0. The van der Waals surface area contributed by atoms with Gasteiger partial charge < -0.3 is 25.2 Å². The highest BCUT2D eigenvalue weighted by Crippen LogP contribution is 2.51. The highest BCUT2D eigenvalue weighted by molar-refractivity contribution is 5.89. The summed E-state index contributed by atoms with van der Waals surface area (Å²) in [6, 6.07) is 8.34. The van der Waals surface area contributed by atoms with Crippen LogP contribution in [0.1, 0.15) is 50.7 Å². The Hall–Kier alpha value is -3.75. The van der Waals surface area contributed by atoms with E-state index < -0.39 is 41.4 Å². The van der Waals surface area contributed by atoms with E-state index in [-0.39, 0.29) is 17.5 Å². The predicted molar refractivity (Wildman–Crippen MR) is 146 cm³/mol. The van der Waals surface area contributed by atoms with Crippen LogP contribution in [0, 0.1) is 5.82 Å². The first-order valence-corrected chi connectivity index (χ1v) is 13.7. The average Bonchev–Trinajstić information content (AvgIpc) is 3.33. The van der Waals surface area contributed by atoms with Crippen LogP contribution < -0.4 is 20.1 Å². The fourth-order valence-corrected chi connectivity index (χ4v) is 6.01. The molecule has 0 spiro atoms. The number of methoxy groups -OCH3 is 2. The smallest absolute Gasteiger partial charge is 0.490 e. The number of carboxylic acids is 1. The second-order valence-electron chi connectivity index (χ2n) is 10.9. The molecule has 244 valence electrons. The molecule has 2 fully saturated rings. The van der Waals surface area contributed by atoms with Gasteiger partial charge in [-0.25, -0.2) is 14.0 Å². The molecule has 1 saturated heterocycles. The zero-order valence-corrected chi connectivity index (χ0v) is 24.4. The van der Waals surface area contributed by atoms with E-state index in [1.165, 1.54) is 0 Å². The standard InChI is InChI=1S/C27H33F4N3O3.C2HF3O2/c1-16(2)34-13-12-26(17-8-9-21(36-3)22(14-17)37-4)11-10-18(15-23(26)34)32-25(35)33-20-7-5-6-19(24(20)28)27(29,30)31;3-2(4,5)1(6)7/h5-9,14,16,18,23H,10-13,15H2,1-4H3,(H2,32,33,35);(H,6,7). The third kappa shape index (κ3) is 7.66. The second kappa shape index (κ2) is 13.5. The number of alkyl halides is 6. The molecule has 3 unspecified atom stereocenters. The minimum absolute atomic E-state index is 0.133. The van der Waals surface area contributed by atoms with Crippen LogP contribution in [-0.4, -0.2) is 67.1 Å². The average molecular weight is 638 g/mol. The van der Waals surface area contributed by atoms with Crippen molar-refractivity contribution in [2.45, 2.75) is 75.4 Å². The van der Waals surface area contributed by atoms with Gasteiger partial charge in [-0.15, -0.1) is 0 Å². The molecule has 8 nitrogen and oxygen atoms in total. The molecule has 2 aromatic rings. The van der Waals surface area contributed by atoms with E-state index in [2.05, 4.69) is 35.4 Å². The molecule has 2 aliphatic rings. The van der Waals surface area contributed by atoms with Crippen LogP contribution in [0.5, 0.6) is 11.5 Å². The second-order valence-corrected chi connectivity index (χ2v) is 10.9. The number of hydrogen-bond donors (Lipinski definition) is 3. The van der Waals surface area contributed by atoms with Gasteiger partial charge in [-0.05, 0) is 75.9 Å². The maximum absolute atomic E-state index is 14.4. The molecule has 1 aliphatic heterocycles. The third-order valence-corrected chi connectivity index (χ3v) is 8.05. The molecule has 3 N–H and O–H groups in total. The maximum atomic E-state index is 14.4. The van der Waals surface area contributed by atoms with Crippen LogP contribution in [0.2, 0.25) is 0 Å². The fraction of sp³-hybridized carbons (Fsp3) is 0.517. The lowest BCUT2D eigenvalue weighted by molar-refractivity contribution is -0.192. The summed E-state index contributed by atoms with van der Waals surface area (Å²) in [6.45, 7) is 5.20. The van der Waals surface area contributed by atoms with Gasteiger partial charge in [-0.2, -0.15) is 26.3 Å². The molecule has 0 bridgehead atoms. The minimum Gasteiger partial charge on any atom is -0.493 e. The van der Waals surface area contributed by atoms with Crippen molar-refractivity contribution < 1.29 is 54.9 Å². The normalized spacial score (nSPS) is 22.0. The van der Waals surface area contributed by atoms with E-state index in [9.17, 15) is 35.5 Å². The number of urea groups is 1. The number of amides is 2. The maximum Gasteiger partial charge on any atom is 0.490 e. The Morgan fingerprint density at radius 3 is 2.20 bits per heavy atom. The highest BCUT2D eigenvalue weighted by Gasteiger charge is 2.52. The quantitative estimate of drug-likeness (QED) is 0.309. The number of carbonyl (C=O) groups is 2. The van der Waals surface area contributed by atoms with Crippen LogP contribution in [0.25, 0.3) is 0 Å². The minimum atomic E-state index is -5.08. The molecule has 0 radical (unpaired) electrons. The van der Waals surface area contributed by atoms with Crippen LogP contribution in [0.4, 0.5) is 41.2 Å². The molecule has 2 aromatic carbocycles. The molecular weight excluding hydrogens is 603 g/mol. The van der Waals surface area contributed by atoms with Crippen molar-refractivity contribution in [2.75, 3.05) is 26.1 Å². The molecule has 1 aliphatic carbocycles. The van der Waals surface area contributed by atoms with E-state index in [0.29, 0.717) is 36.4 Å². The first-order valence-electron chi connectivity index (χ1n) is 13.7. The number of anilines is 1. The number of nitrogens with one attached hydrogen (secondary N) is 2. The number of carboxylic acid groups (broad SMARTS) is 1. The van der Waals surface area contributed by atoms with E-state index in [1.54, 1.807) is 14.2 Å². The van der Waals surface area contributed by atoms with Gasteiger partial charge in [-0.1, -0.05) is 12.1 Å². The van der Waals surface area contributed by atoms with Gasteiger partial charge in [0, 0.05) is 23.5 Å². The van der Waals surface area contributed by atoms with Gasteiger partial charge in [-0.3, -0.25) is 4.90 Å². The lowest BCUT2D eigenvalue weighted by Gasteiger charge is -2.46. The van der Waals surface area contributed by atoms with Crippen LogP contribution in [0.15, 0.2) is 36.4 Å². The zero-order chi connectivity index (χ0) is 33.0. The lowest BCUT2D eigenvalue weighted by atomic mass is 9.65. The number of halogens is 7. The number of likely N-dealkylation sites (tertiary alicyclic amines) is 1. The van der Waals surface area contributed by atoms with Gasteiger partial charge in [0.15, 0.2) is 17.3 Å². The topological polar surface area (TPSA) is 100 Å². The number of fused-ring (bicyclic) bond motifs is 1. The summed E-state index contributed by atoms with van der Waals surface area (Å²) in [5.41, 5.74) is -0.896. The van der Waals surface area contributed by atoms with Gasteiger partial charge in [0.1, 0.15) is 0 Å². The van der Waals surface area contributed by atoms with Crippen molar-refractivity contribution in [3.8, 4) is 11.5 Å². The number of aliphatic carboxylic acids is 1. The summed E-state index contributed by atoms with van der Waals surface area (Å²) in [5, 5.41) is 12.3. The Morgan fingerprint density at radius 2 is 1.66 bits per heavy atom. The molecule has 15 heteroatoms. The Bertz CT molecular complexity index is 1340. The fourth-order valence-electron chi connectivity index (χ4n) is 6.01. The molecular formula is C29H34F7N3O5. The van der Waals surface area contributed by atoms with Crippen molar-refractivity contribution in [3.63, 3.8) is 0 Å². The lowest BCUT2D eigenvalue weighted by Crippen LogP contribution is -2.54. The number of nitrogens with zero attached hydrogens (tertiary/aromatic N) is 1. The summed E-state index contributed by atoms with van der Waals surface area (Å²) in [4.78, 5) is 24.0. The van der Waals surface area contributed by atoms with E-state index >= 15 is 0 Å². The Balaban J connectivity index is 0.000000676. The van der Waals surface area contributed by atoms with E-state index in [1.807, 2.05) is 12.1 Å². The summed E-state index contributed by atoms with van der Waals surface area (Å²) in [7, 11) is 3.21.